The normalized spacial score (nSPS) is 29.9. The molecule has 7 heteroatoms. The molecule has 1 saturated carbocycles. The summed E-state index contributed by atoms with van der Waals surface area (Å²) in [4.78, 5) is 7.18. The summed E-state index contributed by atoms with van der Waals surface area (Å²) in [5.41, 5.74) is 5.10. The van der Waals surface area contributed by atoms with Crippen LogP contribution in [-0.2, 0) is 4.74 Å². The van der Waals surface area contributed by atoms with Crippen LogP contribution in [0.1, 0.15) is 69.0 Å². The van der Waals surface area contributed by atoms with Crippen LogP contribution < -0.4 is 5.32 Å². The van der Waals surface area contributed by atoms with Gasteiger partial charge in [0.05, 0.1) is 24.4 Å². The lowest BCUT2D eigenvalue weighted by Gasteiger charge is -2.30. The molecule has 2 bridgehead atoms. The molecule has 5 rings (SSSR count). The van der Waals surface area contributed by atoms with Gasteiger partial charge in [-0.25, -0.2) is 9.50 Å². The van der Waals surface area contributed by atoms with E-state index in [1.54, 1.807) is 7.11 Å². The maximum absolute atomic E-state index is 10.0. The number of ether oxygens (including phenoxy) is 1. The van der Waals surface area contributed by atoms with Crippen molar-refractivity contribution < 1.29 is 9.84 Å². The van der Waals surface area contributed by atoms with Crippen LogP contribution in [0.25, 0.3) is 11.1 Å². The molecule has 0 unspecified atom stereocenters. The SMILES string of the molecule is COC[C@H](C)Nc1ncc2c(C3=C[C@H]4CC[C@@H](C3)N4C)cc([C@H]3CC[C@H](O)CC3)n2n1. The van der Waals surface area contributed by atoms with Crippen molar-refractivity contribution in [3.63, 3.8) is 0 Å². The van der Waals surface area contributed by atoms with E-state index in [1.165, 1.54) is 29.7 Å². The molecule has 0 amide bonds. The summed E-state index contributed by atoms with van der Waals surface area (Å²) in [5, 5.41) is 18.3. The number of hydrogen-bond donors (Lipinski definition) is 2. The number of methoxy groups -OCH3 is 1. The Labute approximate surface area is 184 Å². The Morgan fingerprint density at radius 3 is 2.77 bits per heavy atom. The number of aliphatic hydroxyl groups excluding tert-OH is 1. The molecule has 4 heterocycles. The van der Waals surface area contributed by atoms with E-state index >= 15 is 0 Å². The zero-order chi connectivity index (χ0) is 21.5. The summed E-state index contributed by atoms with van der Waals surface area (Å²) in [6, 6.07) is 3.70. The molecule has 2 N–H and O–H groups in total. The van der Waals surface area contributed by atoms with Crippen molar-refractivity contribution in [3.8, 4) is 0 Å². The third-order valence-electron chi connectivity index (χ3n) is 7.54. The smallest absolute Gasteiger partial charge is 0.241 e. The number of rotatable bonds is 6. The molecule has 3 aliphatic rings. The van der Waals surface area contributed by atoms with Crippen molar-refractivity contribution in [2.75, 3.05) is 26.1 Å². The van der Waals surface area contributed by atoms with Crippen LogP contribution in [0.2, 0.25) is 0 Å². The lowest BCUT2D eigenvalue weighted by atomic mass is 9.85. The number of hydrogen-bond acceptors (Lipinski definition) is 6. The van der Waals surface area contributed by atoms with E-state index in [-0.39, 0.29) is 12.1 Å². The highest BCUT2D eigenvalue weighted by atomic mass is 16.5. The lowest BCUT2D eigenvalue weighted by Crippen LogP contribution is -2.34. The second-order valence-electron chi connectivity index (χ2n) is 9.73. The van der Waals surface area contributed by atoms with Gasteiger partial charge >= 0.3 is 0 Å². The molecule has 31 heavy (non-hydrogen) atoms. The van der Waals surface area contributed by atoms with Gasteiger partial charge in [-0.05, 0) is 70.6 Å². The van der Waals surface area contributed by atoms with Crippen molar-refractivity contribution in [1.29, 1.82) is 0 Å². The average Bonchev–Trinajstić information content (AvgIpc) is 3.20. The predicted molar refractivity (Wildman–Crippen MR) is 122 cm³/mol. The first-order valence-electron chi connectivity index (χ1n) is 11.8. The van der Waals surface area contributed by atoms with Gasteiger partial charge in [0.15, 0.2) is 0 Å². The number of nitrogens with one attached hydrogen (secondary N) is 1. The molecule has 7 nitrogen and oxygen atoms in total. The molecule has 2 aromatic heterocycles. The van der Waals surface area contributed by atoms with E-state index in [4.69, 9.17) is 9.84 Å². The van der Waals surface area contributed by atoms with Gasteiger partial charge in [-0.3, -0.25) is 4.90 Å². The Morgan fingerprint density at radius 2 is 2.03 bits per heavy atom. The third-order valence-corrected chi connectivity index (χ3v) is 7.54. The number of nitrogens with zero attached hydrogens (tertiary/aromatic N) is 4. The van der Waals surface area contributed by atoms with E-state index in [1.807, 2.05) is 6.20 Å². The Morgan fingerprint density at radius 1 is 1.23 bits per heavy atom. The quantitative estimate of drug-likeness (QED) is 0.738. The fourth-order valence-electron chi connectivity index (χ4n) is 5.75. The molecule has 0 radical (unpaired) electrons. The molecule has 2 aromatic rings. The van der Waals surface area contributed by atoms with Gasteiger partial charge in [-0.2, -0.15) is 0 Å². The Bertz CT molecular complexity index is 962. The highest BCUT2D eigenvalue weighted by Crippen LogP contribution is 2.41. The first-order valence-corrected chi connectivity index (χ1v) is 11.8. The largest absolute Gasteiger partial charge is 0.393 e. The van der Waals surface area contributed by atoms with Crippen molar-refractivity contribution >= 4 is 17.0 Å². The molecule has 3 atom stereocenters. The number of fused-ring (bicyclic) bond motifs is 3. The van der Waals surface area contributed by atoms with E-state index in [9.17, 15) is 5.11 Å². The first kappa shape index (κ1) is 20.9. The summed E-state index contributed by atoms with van der Waals surface area (Å²) in [5.74, 6) is 1.06. The van der Waals surface area contributed by atoms with Gasteiger partial charge < -0.3 is 15.2 Å². The standard InChI is InChI=1S/C24H35N5O2/c1-15(14-31-3)26-24-25-13-23-21(17-10-18-6-7-19(11-17)28(18)2)12-22(29(23)27-24)16-4-8-20(30)9-5-16/h10,12-13,15-16,18-20,30H,4-9,11,14H2,1-3H3,(H,26,27)/t15-,16-,18+,19-,20-/m0/s1. The fourth-order valence-corrected chi connectivity index (χ4v) is 5.75. The van der Waals surface area contributed by atoms with Crippen LogP contribution in [0.4, 0.5) is 5.95 Å². The van der Waals surface area contributed by atoms with E-state index in [0.717, 1.165) is 37.6 Å². The molecule has 2 fully saturated rings. The van der Waals surface area contributed by atoms with Gasteiger partial charge in [0.2, 0.25) is 5.95 Å². The van der Waals surface area contributed by atoms with Gasteiger partial charge in [0.25, 0.3) is 0 Å². The summed E-state index contributed by atoms with van der Waals surface area (Å²) in [6.45, 7) is 2.68. The van der Waals surface area contributed by atoms with Crippen molar-refractivity contribution in [3.05, 3.63) is 29.6 Å². The molecule has 0 aromatic carbocycles. The first-order chi connectivity index (χ1) is 15.0. The van der Waals surface area contributed by atoms with Crippen molar-refractivity contribution in [1.82, 2.24) is 19.5 Å². The van der Waals surface area contributed by atoms with Crippen LogP contribution in [0.3, 0.4) is 0 Å². The van der Waals surface area contributed by atoms with Crippen LogP contribution in [0.15, 0.2) is 18.3 Å². The molecule has 0 spiro atoms. The number of anilines is 1. The zero-order valence-corrected chi connectivity index (χ0v) is 18.9. The van der Waals surface area contributed by atoms with Crippen LogP contribution in [0.5, 0.6) is 0 Å². The second-order valence-corrected chi connectivity index (χ2v) is 9.73. The minimum absolute atomic E-state index is 0.137. The average molecular weight is 426 g/mol. The lowest BCUT2D eigenvalue weighted by molar-refractivity contribution is 0.121. The Balaban J connectivity index is 1.54. The Hall–Kier alpha value is -1.96. The van der Waals surface area contributed by atoms with E-state index < -0.39 is 0 Å². The topological polar surface area (TPSA) is 74.9 Å². The maximum atomic E-state index is 10.0. The fraction of sp³-hybridized carbons (Fsp3) is 0.667. The summed E-state index contributed by atoms with van der Waals surface area (Å²) in [6.07, 6.45) is 11.7. The van der Waals surface area contributed by atoms with Crippen LogP contribution >= 0.6 is 0 Å². The predicted octanol–water partition coefficient (Wildman–Crippen LogP) is 3.44. The van der Waals surface area contributed by atoms with Gasteiger partial charge in [0, 0.05) is 42.4 Å². The Kier molecular flexibility index (Phi) is 5.75. The molecular formula is C24H35N5O2. The van der Waals surface area contributed by atoms with E-state index in [2.05, 4.69) is 45.8 Å². The minimum Gasteiger partial charge on any atom is -0.393 e. The molecule has 2 aliphatic heterocycles. The van der Waals surface area contributed by atoms with Crippen LogP contribution in [0, 0.1) is 0 Å². The zero-order valence-electron chi connectivity index (χ0n) is 18.9. The molecule has 1 saturated heterocycles. The monoisotopic (exact) mass is 425 g/mol. The second kappa shape index (κ2) is 8.52. The van der Waals surface area contributed by atoms with Gasteiger partial charge in [0.1, 0.15) is 0 Å². The minimum atomic E-state index is -0.157. The summed E-state index contributed by atoms with van der Waals surface area (Å²) < 4.78 is 7.37. The van der Waals surface area contributed by atoms with Crippen molar-refractivity contribution in [2.24, 2.45) is 0 Å². The number of aromatic nitrogens is 3. The van der Waals surface area contributed by atoms with Gasteiger partial charge in [-0.15, -0.1) is 5.10 Å². The third kappa shape index (κ3) is 3.99. The molecular weight excluding hydrogens is 390 g/mol. The van der Waals surface area contributed by atoms with E-state index in [0.29, 0.717) is 30.6 Å². The maximum Gasteiger partial charge on any atom is 0.241 e. The van der Waals surface area contributed by atoms with Gasteiger partial charge in [-0.1, -0.05) is 6.08 Å². The highest BCUT2D eigenvalue weighted by molar-refractivity contribution is 5.80. The van der Waals surface area contributed by atoms with Crippen molar-refractivity contribution in [2.45, 2.75) is 82.0 Å². The number of aliphatic hydroxyl groups is 1. The van der Waals surface area contributed by atoms with Crippen LogP contribution in [-0.4, -0.2) is 69.6 Å². The molecule has 1 aliphatic carbocycles. The number of likely N-dealkylation sites (N-methyl/N-ethyl adjacent to an activating group) is 1. The summed E-state index contributed by atoms with van der Waals surface area (Å²) in [7, 11) is 3.97. The summed E-state index contributed by atoms with van der Waals surface area (Å²) >= 11 is 0. The molecule has 168 valence electrons. The highest BCUT2D eigenvalue weighted by Gasteiger charge is 2.35.